The number of rotatable bonds is 5. The summed E-state index contributed by atoms with van der Waals surface area (Å²) in [7, 11) is -2.57. The van der Waals surface area contributed by atoms with Gasteiger partial charge in [0.15, 0.2) is 9.84 Å². The molecule has 0 aliphatic heterocycles. The third-order valence-electron chi connectivity index (χ3n) is 3.44. The van der Waals surface area contributed by atoms with E-state index in [1.165, 1.54) is 20.9 Å². The van der Waals surface area contributed by atoms with Crippen LogP contribution in [0, 0.1) is 10.1 Å². The van der Waals surface area contributed by atoms with Gasteiger partial charge in [0, 0.05) is 31.0 Å². The fraction of sp³-hybridized carbons (Fsp3) is 0.385. The Morgan fingerprint density at radius 3 is 2.17 bits per heavy atom. The van der Waals surface area contributed by atoms with Crippen molar-refractivity contribution >= 4 is 27.4 Å². The van der Waals surface area contributed by atoms with Gasteiger partial charge in [-0.05, 0) is 19.9 Å². The van der Waals surface area contributed by atoms with Gasteiger partial charge in [-0.2, -0.15) is 0 Å². The molecule has 1 N–H and O–H groups in total. The van der Waals surface area contributed by atoms with Crippen LogP contribution in [-0.2, 0) is 14.6 Å². The lowest BCUT2D eigenvalue weighted by Gasteiger charge is -2.31. The Kier molecular flexibility index (Phi) is 4.80. The zero-order valence-corrected chi connectivity index (χ0v) is 13.7. The number of benzene rings is 1. The molecule has 0 fully saturated rings. The summed E-state index contributed by atoms with van der Waals surface area (Å²) in [6.07, 6.45) is 0.852. The molecular formula is C13H16N2O7S. The standard InChI is InChI=1S/C13H16N2O7S/c1-13(2,12(17)18)14(3)11(16)8-5-9(15(19)20)7-10(6-8)23(4,21)22/h5-7H,1-4H3,(H,17,18). The maximum atomic E-state index is 12.4. The maximum absolute atomic E-state index is 12.4. The smallest absolute Gasteiger partial charge is 0.329 e. The van der Waals surface area contributed by atoms with E-state index in [2.05, 4.69) is 0 Å². The van der Waals surface area contributed by atoms with Crippen LogP contribution in [-0.4, -0.2) is 54.1 Å². The minimum Gasteiger partial charge on any atom is -0.480 e. The number of nitro groups is 1. The summed E-state index contributed by atoms with van der Waals surface area (Å²) in [5, 5.41) is 20.1. The summed E-state index contributed by atoms with van der Waals surface area (Å²) in [6, 6.07) is 2.74. The largest absolute Gasteiger partial charge is 0.480 e. The van der Waals surface area contributed by atoms with Crippen LogP contribution in [0.25, 0.3) is 0 Å². The molecule has 0 saturated carbocycles. The summed E-state index contributed by atoms with van der Waals surface area (Å²) < 4.78 is 23.2. The van der Waals surface area contributed by atoms with E-state index in [0.717, 1.165) is 29.4 Å². The highest BCUT2D eigenvalue weighted by atomic mass is 32.2. The number of non-ortho nitro benzene ring substituents is 1. The molecule has 0 bridgehead atoms. The molecule has 10 heteroatoms. The summed E-state index contributed by atoms with van der Waals surface area (Å²) in [5.74, 6) is -2.12. The molecule has 1 amide bonds. The van der Waals surface area contributed by atoms with Crippen LogP contribution in [0.1, 0.15) is 24.2 Å². The first kappa shape index (κ1) is 18.6. The highest BCUT2D eigenvalue weighted by molar-refractivity contribution is 7.90. The number of likely N-dealkylation sites (N-methyl/N-ethyl adjacent to an activating group) is 1. The third-order valence-corrected chi connectivity index (χ3v) is 4.54. The van der Waals surface area contributed by atoms with Crippen molar-refractivity contribution in [3.8, 4) is 0 Å². The molecule has 1 aromatic carbocycles. The highest BCUT2D eigenvalue weighted by Gasteiger charge is 2.36. The Labute approximate surface area is 132 Å². The summed E-state index contributed by atoms with van der Waals surface area (Å²) in [6.45, 7) is 2.56. The fourth-order valence-corrected chi connectivity index (χ4v) is 2.29. The first-order valence-corrected chi connectivity index (χ1v) is 8.18. The van der Waals surface area contributed by atoms with E-state index in [0.29, 0.717) is 0 Å². The number of hydrogen-bond donors (Lipinski definition) is 1. The number of hydrogen-bond acceptors (Lipinski definition) is 6. The zero-order valence-electron chi connectivity index (χ0n) is 12.9. The first-order valence-electron chi connectivity index (χ1n) is 6.29. The molecule has 0 saturated heterocycles. The average molecular weight is 344 g/mol. The summed E-state index contributed by atoms with van der Waals surface area (Å²) in [5.41, 5.74) is -2.43. The second-order valence-electron chi connectivity index (χ2n) is 5.47. The minimum absolute atomic E-state index is 0.281. The van der Waals surface area contributed by atoms with Gasteiger partial charge < -0.3 is 10.0 Å². The molecule has 0 atom stereocenters. The van der Waals surface area contributed by atoms with Crippen LogP contribution in [0.3, 0.4) is 0 Å². The Morgan fingerprint density at radius 1 is 1.26 bits per heavy atom. The summed E-state index contributed by atoms with van der Waals surface area (Å²) in [4.78, 5) is 34.2. The second-order valence-corrected chi connectivity index (χ2v) is 7.49. The molecule has 0 spiro atoms. The van der Waals surface area contributed by atoms with E-state index >= 15 is 0 Å². The average Bonchev–Trinajstić information content (AvgIpc) is 2.43. The third kappa shape index (κ3) is 3.83. The van der Waals surface area contributed by atoms with Gasteiger partial charge in [0.05, 0.1) is 9.82 Å². The number of carbonyl (C=O) groups is 2. The number of aliphatic carboxylic acids is 1. The fourth-order valence-electron chi connectivity index (χ4n) is 1.62. The Hall–Kier alpha value is -2.49. The minimum atomic E-state index is -3.78. The predicted octanol–water partition coefficient (Wildman–Crippen LogP) is 0.934. The van der Waals surface area contributed by atoms with E-state index in [9.17, 15) is 28.1 Å². The van der Waals surface area contributed by atoms with Gasteiger partial charge in [-0.3, -0.25) is 14.9 Å². The van der Waals surface area contributed by atoms with Crippen LogP contribution in [0.15, 0.2) is 23.1 Å². The molecule has 0 radical (unpaired) electrons. The van der Waals surface area contributed by atoms with Crippen molar-refractivity contribution in [1.29, 1.82) is 0 Å². The Morgan fingerprint density at radius 2 is 1.78 bits per heavy atom. The molecule has 0 unspecified atom stereocenters. The maximum Gasteiger partial charge on any atom is 0.329 e. The van der Waals surface area contributed by atoms with Crippen molar-refractivity contribution in [2.24, 2.45) is 0 Å². The van der Waals surface area contributed by atoms with E-state index < -0.39 is 42.8 Å². The zero-order chi connectivity index (χ0) is 18.2. The van der Waals surface area contributed by atoms with Gasteiger partial charge >= 0.3 is 5.97 Å². The predicted molar refractivity (Wildman–Crippen MR) is 80.0 cm³/mol. The topological polar surface area (TPSA) is 135 Å². The van der Waals surface area contributed by atoms with Crippen LogP contribution >= 0.6 is 0 Å². The van der Waals surface area contributed by atoms with Crippen molar-refractivity contribution in [2.75, 3.05) is 13.3 Å². The lowest BCUT2D eigenvalue weighted by Crippen LogP contribution is -2.50. The van der Waals surface area contributed by atoms with Crippen molar-refractivity contribution < 1.29 is 28.0 Å². The number of carboxylic acids is 1. The Balaban J connectivity index is 3.48. The molecule has 0 aliphatic carbocycles. The van der Waals surface area contributed by atoms with E-state index in [4.69, 9.17) is 5.11 Å². The number of amides is 1. The summed E-state index contributed by atoms with van der Waals surface area (Å²) >= 11 is 0. The molecular weight excluding hydrogens is 328 g/mol. The molecule has 0 aliphatic rings. The molecule has 126 valence electrons. The number of carboxylic acid groups (broad SMARTS) is 1. The lowest BCUT2D eigenvalue weighted by atomic mass is 10.0. The number of nitrogens with zero attached hydrogens (tertiary/aromatic N) is 2. The van der Waals surface area contributed by atoms with Crippen LogP contribution < -0.4 is 0 Å². The molecule has 1 aromatic rings. The molecule has 0 aromatic heterocycles. The van der Waals surface area contributed by atoms with Gasteiger partial charge in [0.25, 0.3) is 11.6 Å². The van der Waals surface area contributed by atoms with Gasteiger partial charge in [-0.15, -0.1) is 0 Å². The normalized spacial score (nSPS) is 11.8. The SMILES string of the molecule is CN(C(=O)c1cc([N+](=O)[O-])cc(S(C)(=O)=O)c1)C(C)(C)C(=O)O. The monoisotopic (exact) mass is 344 g/mol. The number of carbonyl (C=O) groups excluding carboxylic acids is 1. The molecule has 1 rings (SSSR count). The Bertz CT molecular complexity index is 784. The number of sulfone groups is 1. The van der Waals surface area contributed by atoms with E-state index in [1.54, 1.807) is 0 Å². The quantitative estimate of drug-likeness (QED) is 0.620. The van der Waals surface area contributed by atoms with Gasteiger partial charge in [0.2, 0.25) is 0 Å². The van der Waals surface area contributed by atoms with Crippen molar-refractivity contribution in [1.82, 2.24) is 4.90 Å². The number of nitro benzene ring substituents is 1. The highest BCUT2D eigenvalue weighted by Crippen LogP contribution is 2.24. The molecule has 23 heavy (non-hydrogen) atoms. The van der Waals surface area contributed by atoms with E-state index in [-0.39, 0.29) is 5.56 Å². The lowest BCUT2D eigenvalue weighted by molar-refractivity contribution is -0.385. The van der Waals surface area contributed by atoms with Crippen molar-refractivity contribution in [3.63, 3.8) is 0 Å². The van der Waals surface area contributed by atoms with Crippen molar-refractivity contribution in [2.45, 2.75) is 24.3 Å². The first-order chi connectivity index (χ1) is 10.3. The molecule has 0 heterocycles. The second kappa shape index (κ2) is 5.95. The molecule has 9 nitrogen and oxygen atoms in total. The van der Waals surface area contributed by atoms with Gasteiger partial charge in [-0.25, -0.2) is 13.2 Å². The van der Waals surface area contributed by atoms with Gasteiger partial charge in [0.1, 0.15) is 5.54 Å². The van der Waals surface area contributed by atoms with E-state index in [1.807, 2.05) is 0 Å². The van der Waals surface area contributed by atoms with Gasteiger partial charge in [-0.1, -0.05) is 0 Å². The van der Waals surface area contributed by atoms with Crippen LogP contribution in [0.2, 0.25) is 0 Å². The van der Waals surface area contributed by atoms with Crippen LogP contribution in [0.4, 0.5) is 5.69 Å². The van der Waals surface area contributed by atoms with Crippen molar-refractivity contribution in [3.05, 3.63) is 33.9 Å². The van der Waals surface area contributed by atoms with Crippen LogP contribution in [0.5, 0.6) is 0 Å².